The maximum Gasteiger partial charge on any atom is 0.251 e. The number of likely N-dealkylation sites (N-methyl/N-ethyl adjacent to an activating group) is 1. The summed E-state index contributed by atoms with van der Waals surface area (Å²) in [6.45, 7) is 4.81. The number of hydrogen-bond donors (Lipinski definition) is 2. The van der Waals surface area contributed by atoms with Gasteiger partial charge in [0.1, 0.15) is 0 Å². The summed E-state index contributed by atoms with van der Waals surface area (Å²) in [6, 6.07) is 27.1. The number of nitrogens with one attached hydrogen (secondary N) is 2. The average Bonchev–Trinajstić information content (AvgIpc) is 2.87. The number of aryl methyl sites for hydroxylation is 1. The van der Waals surface area contributed by atoms with Crippen molar-refractivity contribution in [2.24, 2.45) is 0 Å². The molecule has 1 fully saturated rings. The molecule has 3 aromatic carbocycles. The SMILES string of the molecule is Cc1ccccc1Cn1c(=O)ccc2ccc(Nc3ccc(N(C)C4CCCNC4)cc3)cc21. The second kappa shape index (κ2) is 9.74. The molecule has 174 valence electrons. The number of rotatable bonds is 6. The normalized spacial score (nSPS) is 15.9. The summed E-state index contributed by atoms with van der Waals surface area (Å²) < 4.78 is 1.86. The van der Waals surface area contributed by atoms with Crippen molar-refractivity contribution in [3.63, 3.8) is 0 Å². The van der Waals surface area contributed by atoms with E-state index in [4.69, 9.17) is 0 Å². The number of hydrogen-bond acceptors (Lipinski definition) is 4. The van der Waals surface area contributed by atoms with Crippen molar-refractivity contribution in [1.82, 2.24) is 9.88 Å². The quantitative estimate of drug-likeness (QED) is 0.417. The zero-order chi connectivity index (χ0) is 23.5. The highest BCUT2D eigenvalue weighted by molar-refractivity contribution is 5.84. The number of nitrogens with zero attached hydrogens (tertiary/aromatic N) is 2. The molecule has 1 aliphatic heterocycles. The minimum absolute atomic E-state index is 0.0116. The Morgan fingerprint density at radius 3 is 2.53 bits per heavy atom. The number of anilines is 3. The summed E-state index contributed by atoms with van der Waals surface area (Å²) in [5.74, 6) is 0. The van der Waals surface area contributed by atoms with Crippen LogP contribution in [0.5, 0.6) is 0 Å². The minimum atomic E-state index is 0.0116. The molecule has 0 spiro atoms. The van der Waals surface area contributed by atoms with Crippen molar-refractivity contribution in [1.29, 1.82) is 0 Å². The molecule has 5 nitrogen and oxygen atoms in total. The number of fused-ring (bicyclic) bond motifs is 1. The highest BCUT2D eigenvalue weighted by Gasteiger charge is 2.18. The molecule has 1 saturated heterocycles. The number of piperidine rings is 1. The molecule has 5 heteroatoms. The van der Waals surface area contributed by atoms with E-state index in [0.29, 0.717) is 12.6 Å². The third kappa shape index (κ3) is 4.70. The molecule has 0 amide bonds. The number of pyridine rings is 1. The minimum Gasteiger partial charge on any atom is -0.370 e. The Labute approximate surface area is 201 Å². The van der Waals surface area contributed by atoms with E-state index in [1.165, 1.54) is 24.1 Å². The van der Waals surface area contributed by atoms with Crippen LogP contribution < -0.4 is 21.1 Å². The summed E-state index contributed by atoms with van der Waals surface area (Å²) >= 11 is 0. The molecule has 34 heavy (non-hydrogen) atoms. The fourth-order valence-corrected chi connectivity index (χ4v) is 4.81. The van der Waals surface area contributed by atoms with E-state index < -0.39 is 0 Å². The highest BCUT2D eigenvalue weighted by atomic mass is 16.1. The van der Waals surface area contributed by atoms with E-state index in [9.17, 15) is 4.79 Å². The summed E-state index contributed by atoms with van der Waals surface area (Å²) in [7, 11) is 2.18. The van der Waals surface area contributed by atoms with Crippen molar-refractivity contribution in [2.45, 2.75) is 32.4 Å². The van der Waals surface area contributed by atoms with E-state index in [1.807, 2.05) is 22.8 Å². The van der Waals surface area contributed by atoms with Gasteiger partial charge in [-0.1, -0.05) is 30.3 Å². The van der Waals surface area contributed by atoms with Crippen LogP contribution in [0.15, 0.2) is 83.7 Å². The van der Waals surface area contributed by atoms with Crippen LogP contribution in [0.25, 0.3) is 10.9 Å². The van der Waals surface area contributed by atoms with Crippen LogP contribution in [-0.4, -0.2) is 30.7 Å². The van der Waals surface area contributed by atoms with Gasteiger partial charge in [0.05, 0.1) is 12.1 Å². The fraction of sp³-hybridized carbons (Fsp3) is 0.276. The average molecular weight is 453 g/mol. The van der Waals surface area contributed by atoms with Gasteiger partial charge in [-0.25, -0.2) is 0 Å². The molecule has 1 aromatic heterocycles. The van der Waals surface area contributed by atoms with Gasteiger partial charge >= 0.3 is 0 Å². The van der Waals surface area contributed by atoms with Crippen molar-refractivity contribution in [2.75, 3.05) is 30.4 Å². The third-order valence-corrected chi connectivity index (χ3v) is 6.96. The van der Waals surface area contributed by atoms with Gasteiger partial charge in [0, 0.05) is 42.8 Å². The van der Waals surface area contributed by atoms with Crippen LogP contribution >= 0.6 is 0 Å². The molecule has 2 N–H and O–H groups in total. The summed E-state index contributed by atoms with van der Waals surface area (Å²) in [5, 5.41) is 8.06. The molecule has 1 atom stereocenters. The lowest BCUT2D eigenvalue weighted by molar-refractivity contribution is 0.445. The predicted octanol–water partition coefficient (Wildman–Crippen LogP) is 5.29. The molecular weight excluding hydrogens is 420 g/mol. The topological polar surface area (TPSA) is 49.3 Å². The maximum absolute atomic E-state index is 12.8. The van der Waals surface area contributed by atoms with Crippen LogP contribution in [0.1, 0.15) is 24.0 Å². The van der Waals surface area contributed by atoms with E-state index in [1.54, 1.807) is 6.07 Å². The van der Waals surface area contributed by atoms with Crippen molar-refractivity contribution >= 4 is 28.0 Å². The van der Waals surface area contributed by atoms with E-state index in [0.717, 1.165) is 40.9 Å². The Balaban J connectivity index is 1.39. The smallest absolute Gasteiger partial charge is 0.251 e. The first kappa shape index (κ1) is 22.2. The molecule has 0 aliphatic carbocycles. The summed E-state index contributed by atoms with van der Waals surface area (Å²) in [4.78, 5) is 15.2. The second-order valence-electron chi connectivity index (χ2n) is 9.24. The lowest BCUT2D eigenvalue weighted by Crippen LogP contribution is -2.44. The molecule has 1 unspecified atom stereocenters. The molecule has 0 radical (unpaired) electrons. The van der Waals surface area contributed by atoms with Gasteiger partial charge in [0.25, 0.3) is 5.56 Å². The highest BCUT2D eigenvalue weighted by Crippen LogP contribution is 2.25. The molecule has 0 saturated carbocycles. The maximum atomic E-state index is 12.8. The predicted molar refractivity (Wildman–Crippen MR) is 143 cm³/mol. The number of benzene rings is 3. The lowest BCUT2D eigenvalue weighted by atomic mass is 10.1. The van der Waals surface area contributed by atoms with Gasteiger partial charge in [0.15, 0.2) is 0 Å². The fourth-order valence-electron chi connectivity index (χ4n) is 4.81. The number of aromatic nitrogens is 1. The zero-order valence-corrected chi connectivity index (χ0v) is 19.9. The standard InChI is InChI=1S/C29H32N4O/c1-21-6-3-4-7-23(21)20-33-28-18-25(11-9-22(28)10-16-29(33)34)31-24-12-14-26(15-13-24)32(2)27-8-5-17-30-19-27/h3-4,6-7,9-16,18,27,30-31H,5,8,17,19-20H2,1-2H3. The first-order valence-corrected chi connectivity index (χ1v) is 12.1. The van der Waals surface area contributed by atoms with Gasteiger partial charge in [-0.15, -0.1) is 0 Å². The monoisotopic (exact) mass is 452 g/mol. The van der Waals surface area contributed by atoms with Gasteiger partial charge in [-0.05, 0) is 85.3 Å². The van der Waals surface area contributed by atoms with Crippen molar-refractivity contribution < 1.29 is 0 Å². The van der Waals surface area contributed by atoms with Gasteiger partial charge in [0.2, 0.25) is 0 Å². The first-order chi connectivity index (χ1) is 16.6. The third-order valence-electron chi connectivity index (χ3n) is 6.96. The first-order valence-electron chi connectivity index (χ1n) is 12.1. The van der Waals surface area contributed by atoms with Crippen LogP contribution in [0.2, 0.25) is 0 Å². The van der Waals surface area contributed by atoms with Gasteiger partial charge in [-0.3, -0.25) is 4.79 Å². The van der Waals surface area contributed by atoms with Crippen LogP contribution in [0.3, 0.4) is 0 Å². The van der Waals surface area contributed by atoms with E-state index in [2.05, 4.69) is 84.1 Å². The van der Waals surface area contributed by atoms with Gasteiger partial charge < -0.3 is 20.1 Å². The molecule has 2 heterocycles. The van der Waals surface area contributed by atoms with Crippen LogP contribution in [0, 0.1) is 6.92 Å². The Hall–Kier alpha value is -3.57. The van der Waals surface area contributed by atoms with E-state index >= 15 is 0 Å². The van der Waals surface area contributed by atoms with Gasteiger partial charge in [-0.2, -0.15) is 0 Å². The molecule has 5 rings (SSSR count). The molecular formula is C29H32N4O. The molecule has 0 bridgehead atoms. The molecule has 1 aliphatic rings. The Morgan fingerprint density at radius 2 is 1.76 bits per heavy atom. The van der Waals surface area contributed by atoms with Crippen LogP contribution in [0.4, 0.5) is 17.1 Å². The summed E-state index contributed by atoms with van der Waals surface area (Å²) in [5.41, 5.74) is 6.51. The Bertz CT molecular complexity index is 1340. The largest absolute Gasteiger partial charge is 0.370 e. The Kier molecular flexibility index (Phi) is 6.37. The van der Waals surface area contributed by atoms with Crippen LogP contribution in [-0.2, 0) is 6.54 Å². The molecule has 4 aromatic rings. The lowest BCUT2D eigenvalue weighted by Gasteiger charge is -2.33. The summed E-state index contributed by atoms with van der Waals surface area (Å²) in [6.07, 6.45) is 2.45. The zero-order valence-electron chi connectivity index (χ0n) is 19.9. The second-order valence-corrected chi connectivity index (χ2v) is 9.24. The van der Waals surface area contributed by atoms with E-state index in [-0.39, 0.29) is 5.56 Å². The Morgan fingerprint density at radius 1 is 1.00 bits per heavy atom. The van der Waals surface area contributed by atoms with Crippen molar-refractivity contribution in [3.05, 3.63) is 100 Å². The van der Waals surface area contributed by atoms with Crippen molar-refractivity contribution in [3.8, 4) is 0 Å².